The van der Waals surface area contributed by atoms with E-state index < -0.39 is 10.0 Å². The van der Waals surface area contributed by atoms with Crippen LogP contribution in [-0.2, 0) is 23.1 Å². The molecule has 3 rings (SSSR count). The van der Waals surface area contributed by atoms with Gasteiger partial charge in [0.2, 0.25) is 10.0 Å². The molecule has 1 heterocycles. The first kappa shape index (κ1) is 25.2. The largest absolute Gasteiger partial charge is 0.459 e. The van der Waals surface area contributed by atoms with Crippen molar-refractivity contribution in [3.05, 3.63) is 65.4 Å². The number of nitrogens with zero attached hydrogens (tertiary/aromatic N) is 2. The summed E-state index contributed by atoms with van der Waals surface area (Å²) in [6.45, 7) is 5.73. The Labute approximate surface area is 201 Å². The van der Waals surface area contributed by atoms with E-state index in [1.165, 1.54) is 18.4 Å². The van der Waals surface area contributed by atoms with E-state index in [0.717, 1.165) is 34.4 Å². The molecule has 0 aliphatic rings. The zero-order chi connectivity index (χ0) is 21.7. The molecule has 2 N–H and O–H groups in total. The molecule has 0 aliphatic carbocycles. The molecule has 0 aliphatic heterocycles. The van der Waals surface area contributed by atoms with Gasteiger partial charge in [0.1, 0.15) is 11.3 Å². The van der Waals surface area contributed by atoms with Crippen LogP contribution in [0.3, 0.4) is 0 Å². The van der Waals surface area contributed by atoms with Gasteiger partial charge in [0.25, 0.3) is 0 Å². The van der Waals surface area contributed by atoms with Crippen molar-refractivity contribution in [2.24, 2.45) is 4.99 Å². The Kier molecular flexibility index (Phi) is 8.90. The second-order valence-corrected chi connectivity index (χ2v) is 9.28. The van der Waals surface area contributed by atoms with Gasteiger partial charge >= 0.3 is 0 Å². The number of rotatable bonds is 7. The number of halogens is 1. The van der Waals surface area contributed by atoms with Crippen molar-refractivity contribution in [3.8, 4) is 0 Å². The van der Waals surface area contributed by atoms with Gasteiger partial charge in [-0.3, -0.25) is 0 Å². The fourth-order valence-electron chi connectivity index (χ4n) is 3.05. The highest BCUT2D eigenvalue weighted by atomic mass is 127. The van der Waals surface area contributed by atoms with Gasteiger partial charge in [0.05, 0.1) is 18.0 Å². The number of aryl methyl sites for hydroxylation is 1. The predicted molar refractivity (Wildman–Crippen MR) is 135 cm³/mol. The van der Waals surface area contributed by atoms with E-state index >= 15 is 0 Å². The summed E-state index contributed by atoms with van der Waals surface area (Å²) in [7, 11) is -0.387. The van der Waals surface area contributed by atoms with Gasteiger partial charge in [-0.2, -0.15) is 0 Å². The van der Waals surface area contributed by atoms with E-state index in [4.69, 9.17) is 4.42 Å². The minimum absolute atomic E-state index is 0. The lowest BCUT2D eigenvalue weighted by atomic mass is 10.1. The average Bonchev–Trinajstić information content (AvgIpc) is 3.06. The summed E-state index contributed by atoms with van der Waals surface area (Å²) in [5.74, 6) is 1.54. The summed E-state index contributed by atoms with van der Waals surface area (Å²) in [4.78, 5) is 4.87. The van der Waals surface area contributed by atoms with Gasteiger partial charge < -0.3 is 15.1 Å². The maximum atomic E-state index is 12.2. The molecule has 0 radical (unpaired) electrons. The molecule has 0 bridgehead atoms. The van der Waals surface area contributed by atoms with Crippen LogP contribution in [0.15, 0.2) is 62.8 Å². The van der Waals surface area contributed by atoms with Gasteiger partial charge in [0.15, 0.2) is 5.96 Å². The normalized spacial score (nSPS) is 12.1. The molecular weight excluding hydrogens is 527 g/mol. The number of benzene rings is 2. The zero-order valence-electron chi connectivity index (χ0n) is 18.2. The Morgan fingerprint density at radius 2 is 1.74 bits per heavy atom. The number of aliphatic imine (C=N–C) groups is 1. The molecule has 9 heteroatoms. The Bertz CT molecular complexity index is 1140. The van der Waals surface area contributed by atoms with Gasteiger partial charge in [0, 0.05) is 31.6 Å². The molecule has 31 heavy (non-hydrogen) atoms. The van der Waals surface area contributed by atoms with Crippen molar-refractivity contribution in [2.45, 2.75) is 31.8 Å². The number of guanidine groups is 1. The molecule has 3 aromatic rings. The fraction of sp³-hybridized carbons (Fsp3) is 0.318. The van der Waals surface area contributed by atoms with E-state index in [1.807, 2.05) is 25.1 Å². The minimum Gasteiger partial charge on any atom is -0.459 e. The van der Waals surface area contributed by atoms with E-state index in [1.54, 1.807) is 24.3 Å². The Hall–Kier alpha value is -2.11. The quantitative estimate of drug-likeness (QED) is 0.262. The number of nitrogens with one attached hydrogen (secondary N) is 2. The highest BCUT2D eigenvalue weighted by Crippen LogP contribution is 2.24. The standard InChI is InChI=1S/C22H28N4O3S.HI/c1-5-23-22(25-15-21-16(2)19-8-6-7-9-20(19)29-21)24-14-17-10-12-18(13-11-17)30(27,28)26(3)4;/h6-13H,5,14-15H2,1-4H3,(H2,23,24,25);1H. The van der Waals surface area contributed by atoms with Crippen LogP contribution in [0.4, 0.5) is 0 Å². The van der Waals surface area contributed by atoms with Crippen molar-refractivity contribution in [1.82, 2.24) is 14.9 Å². The summed E-state index contributed by atoms with van der Waals surface area (Å²) in [5.41, 5.74) is 2.91. The topological polar surface area (TPSA) is 86.9 Å². The smallest absolute Gasteiger partial charge is 0.242 e. The van der Waals surface area contributed by atoms with Crippen molar-refractivity contribution in [2.75, 3.05) is 20.6 Å². The summed E-state index contributed by atoms with van der Waals surface area (Å²) < 4.78 is 31.5. The van der Waals surface area contributed by atoms with Gasteiger partial charge in [-0.1, -0.05) is 30.3 Å². The molecule has 2 aromatic carbocycles. The molecule has 0 saturated carbocycles. The van der Waals surface area contributed by atoms with Crippen LogP contribution in [0.2, 0.25) is 0 Å². The van der Waals surface area contributed by atoms with Crippen LogP contribution in [0, 0.1) is 6.92 Å². The number of fused-ring (bicyclic) bond motifs is 1. The minimum atomic E-state index is -3.43. The third-order valence-corrected chi connectivity index (χ3v) is 6.65. The number of hydrogen-bond donors (Lipinski definition) is 2. The molecule has 0 amide bonds. The molecule has 0 atom stereocenters. The first-order valence-electron chi connectivity index (χ1n) is 9.83. The van der Waals surface area contributed by atoms with Crippen molar-refractivity contribution >= 4 is 50.9 Å². The van der Waals surface area contributed by atoms with Gasteiger partial charge in [-0.25, -0.2) is 17.7 Å². The van der Waals surface area contributed by atoms with Crippen molar-refractivity contribution < 1.29 is 12.8 Å². The Morgan fingerprint density at radius 3 is 2.35 bits per heavy atom. The number of furan rings is 1. The molecule has 0 unspecified atom stereocenters. The molecule has 0 fully saturated rings. The highest BCUT2D eigenvalue weighted by molar-refractivity contribution is 14.0. The van der Waals surface area contributed by atoms with E-state index in [2.05, 4.69) is 28.6 Å². The SMILES string of the molecule is CCNC(=NCc1ccc(S(=O)(=O)N(C)C)cc1)NCc1oc2ccccc2c1C.I. The number of sulfonamides is 1. The third kappa shape index (κ3) is 5.98. The van der Waals surface area contributed by atoms with Crippen LogP contribution in [0.1, 0.15) is 23.8 Å². The van der Waals surface area contributed by atoms with Crippen molar-refractivity contribution in [1.29, 1.82) is 0 Å². The van der Waals surface area contributed by atoms with Crippen LogP contribution in [0.25, 0.3) is 11.0 Å². The maximum absolute atomic E-state index is 12.2. The lowest BCUT2D eigenvalue weighted by Gasteiger charge is -2.12. The molecule has 7 nitrogen and oxygen atoms in total. The van der Waals surface area contributed by atoms with E-state index in [0.29, 0.717) is 19.0 Å². The molecule has 168 valence electrons. The Morgan fingerprint density at radius 1 is 1.06 bits per heavy atom. The summed E-state index contributed by atoms with van der Waals surface area (Å²) in [5, 5.41) is 7.64. The summed E-state index contributed by atoms with van der Waals surface area (Å²) >= 11 is 0. The molecular formula is C22H29IN4O3S. The number of hydrogen-bond acceptors (Lipinski definition) is 4. The Balaban J connectivity index is 0.00000341. The average molecular weight is 556 g/mol. The van der Waals surface area contributed by atoms with Crippen molar-refractivity contribution in [3.63, 3.8) is 0 Å². The molecule has 0 spiro atoms. The number of para-hydroxylation sites is 1. The van der Waals surface area contributed by atoms with Gasteiger partial charge in [-0.05, 0) is 37.6 Å². The van der Waals surface area contributed by atoms with Crippen LogP contribution in [0.5, 0.6) is 0 Å². The fourth-order valence-corrected chi connectivity index (χ4v) is 3.95. The lowest BCUT2D eigenvalue weighted by Crippen LogP contribution is -2.36. The summed E-state index contributed by atoms with van der Waals surface area (Å²) in [6.07, 6.45) is 0. The second-order valence-electron chi connectivity index (χ2n) is 7.13. The maximum Gasteiger partial charge on any atom is 0.242 e. The molecule has 1 aromatic heterocycles. The zero-order valence-corrected chi connectivity index (χ0v) is 21.3. The third-order valence-electron chi connectivity index (χ3n) is 4.82. The monoisotopic (exact) mass is 556 g/mol. The van der Waals surface area contributed by atoms with E-state index in [9.17, 15) is 8.42 Å². The van der Waals surface area contributed by atoms with Crippen LogP contribution in [-0.4, -0.2) is 39.3 Å². The highest BCUT2D eigenvalue weighted by Gasteiger charge is 2.16. The van der Waals surface area contributed by atoms with E-state index in [-0.39, 0.29) is 28.9 Å². The summed E-state index contributed by atoms with van der Waals surface area (Å²) in [6, 6.07) is 14.8. The molecule has 0 saturated heterocycles. The lowest BCUT2D eigenvalue weighted by molar-refractivity contribution is 0.520. The van der Waals surface area contributed by atoms with Gasteiger partial charge in [-0.15, -0.1) is 24.0 Å². The van der Waals surface area contributed by atoms with Crippen LogP contribution >= 0.6 is 24.0 Å². The van der Waals surface area contributed by atoms with Crippen LogP contribution < -0.4 is 10.6 Å². The first-order valence-corrected chi connectivity index (χ1v) is 11.3. The first-order chi connectivity index (χ1) is 14.3. The second kappa shape index (κ2) is 11.0. The predicted octanol–water partition coefficient (Wildman–Crippen LogP) is 3.86.